The zero-order valence-electron chi connectivity index (χ0n) is 7.51. The van der Waals surface area contributed by atoms with E-state index in [4.69, 9.17) is 17.3 Å². The minimum Gasteiger partial charge on any atom is -0.397 e. The summed E-state index contributed by atoms with van der Waals surface area (Å²) in [4.78, 5) is 24.7. The number of hydrogen-bond donors (Lipinski definition) is 1. The van der Waals surface area contributed by atoms with Crippen LogP contribution in [0.25, 0.3) is 0 Å². The van der Waals surface area contributed by atoms with E-state index in [0.29, 0.717) is 12.3 Å². The minimum absolute atomic E-state index is 0.387. The van der Waals surface area contributed by atoms with Gasteiger partial charge in [-0.05, 0) is 17.7 Å². The van der Waals surface area contributed by atoms with Crippen molar-refractivity contribution in [1.29, 1.82) is 0 Å². The summed E-state index contributed by atoms with van der Waals surface area (Å²) in [5, 5.41) is -1.41. The highest BCUT2D eigenvalue weighted by Gasteiger charge is 2.34. The molecule has 0 unspecified atom stereocenters. The second kappa shape index (κ2) is 4.09. The van der Waals surface area contributed by atoms with Crippen molar-refractivity contribution in [2.75, 3.05) is 5.73 Å². The van der Waals surface area contributed by atoms with Crippen molar-refractivity contribution in [3.63, 3.8) is 0 Å². The molecule has 0 aliphatic carbocycles. The molecule has 0 fully saturated rings. The third-order valence-corrected chi connectivity index (χ3v) is 1.82. The Labute approximate surface area is 92.2 Å². The normalized spacial score (nSPS) is 11.2. The van der Waals surface area contributed by atoms with Crippen molar-refractivity contribution in [1.82, 2.24) is 4.98 Å². The van der Waals surface area contributed by atoms with E-state index in [9.17, 15) is 22.8 Å². The van der Waals surface area contributed by atoms with E-state index in [-0.39, 0.29) is 0 Å². The van der Waals surface area contributed by atoms with Gasteiger partial charge in [0, 0.05) is 0 Å². The first-order chi connectivity index (χ1) is 7.23. The molecule has 0 bridgehead atoms. The lowest BCUT2D eigenvalue weighted by Crippen LogP contribution is -2.15. The number of Topliss-reactive ketones (excluding diaryl/α,β-unsaturated/α-hetero) is 1. The smallest absolute Gasteiger partial charge is 0.397 e. The molecule has 2 N–H and O–H groups in total. The quantitative estimate of drug-likeness (QED) is 0.493. The van der Waals surface area contributed by atoms with Gasteiger partial charge in [-0.1, -0.05) is 0 Å². The van der Waals surface area contributed by atoms with Gasteiger partial charge in [-0.3, -0.25) is 14.6 Å². The Morgan fingerprint density at radius 3 is 2.38 bits per heavy atom. The second-order valence-corrected chi connectivity index (χ2v) is 3.10. The van der Waals surface area contributed by atoms with Gasteiger partial charge in [0.05, 0.1) is 17.4 Å². The van der Waals surface area contributed by atoms with Gasteiger partial charge < -0.3 is 5.73 Å². The summed E-state index contributed by atoms with van der Waals surface area (Å²) in [7, 11) is 0. The Bertz CT molecular complexity index is 459. The summed E-state index contributed by atoms with van der Waals surface area (Å²) < 4.78 is 37.1. The SMILES string of the molecule is Nc1cnc(C(=O)C(=O)Cl)cc1C(F)(F)F. The number of pyridine rings is 1. The van der Waals surface area contributed by atoms with E-state index in [2.05, 4.69) is 4.98 Å². The van der Waals surface area contributed by atoms with E-state index >= 15 is 0 Å². The predicted molar refractivity (Wildman–Crippen MR) is 48.8 cm³/mol. The molecule has 1 aromatic heterocycles. The summed E-state index contributed by atoms with van der Waals surface area (Å²) in [5.74, 6) is -1.31. The number of nitrogens with two attached hydrogens (primary N) is 1. The van der Waals surface area contributed by atoms with Crippen LogP contribution in [0.5, 0.6) is 0 Å². The maximum Gasteiger partial charge on any atom is 0.418 e. The fourth-order valence-electron chi connectivity index (χ4n) is 0.936. The van der Waals surface area contributed by atoms with Crippen molar-refractivity contribution in [2.24, 2.45) is 0 Å². The summed E-state index contributed by atoms with van der Waals surface area (Å²) in [6, 6.07) is 0.387. The summed E-state index contributed by atoms with van der Waals surface area (Å²) in [6.07, 6.45) is -4.08. The third kappa shape index (κ3) is 2.48. The number of carbonyl (C=O) groups excluding carboxylic acids is 2. The van der Waals surface area contributed by atoms with Gasteiger partial charge in [-0.25, -0.2) is 0 Å². The van der Waals surface area contributed by atoms with E-state index in [1.165, 1.54) is 0 Å². The van der Waals surface area contributed by atoms with Gasteiger partial charge in [0.25, 0.3) is 11.0 Å². The summed E-state index contributed by atoms with van der Waals surface area (Å²) in [5.41, 5.74) is 2.48. The van der Waals surface area contributed by atoms with Crippen molar-refractivity contribution < 1.29 is 22.8 Å². The molecule has 0 amide bonds. The van der Waals surface area contributed by atoms with Crippen LogP contribution in [-0.2, 0) is 11.0 Å². The minimum atomic E-state index is -4.72. The molecular formula is C8H4ClF3N2O2. The molecule has 16 heavy (non-hydrogen) atoms. The van der Waals surface area contributed by atoms with Crippen LogP contribution in [0, 0.1) is 0 Å². The zero-order valence-corrected chi connectivity index (χ0v) is 8.26. The number of carbonyl (C=O) groups is 2. The van der Waals surface area contributed by atoms with E-state index in [0.717, 1.165) is 0 Å². The maximum absolute atomic E-state index is 12.4. The largest absolute Gasteiger partial charge is 0.418 e. The van der Waals surface area contributed by atoms with Crippen LogP contribution < -0.4 is 5.73 Å². The molecule has 1 heterocycles. The molecule has 1 aromatic rings. The highest BCUT2D eigenvalue weighted by molar-refractivity contribution is 6.83. The van der Waals surface area contributed by atoms with Crippen molar-refractivity contribution in [2.45, 2.75) is 6.18 Å². The number of alkyl halides is 3. The molecule has 0 saturated heterocycles. The van der Waals surface area contributed by atoms with E-state index < -0.39 is 34.1 Å². The van der Waals surface area contributed by atoms with E-state index in [1.54, 1.807) is 0 Å². The standard InChI is InChI=1S/C8H4ClF3N2O2/c9-7(16)6(15)5-1-3(8(10,11)12)4(13)2-14-5/h1-2H,13H2. The first-order valence-electron chi connectivity index (χ1n) is 3.80. The van der Waals surface area contributed by atoms with Crippen LogP contribution in [0.1, 0.15) is 16.1 Å². The first-order valence-corrected chi connectivity index (χ1v) is 4.18. The molecule has 86 valence electrons. The Morgan fingerprint density at radius 2 is 1.94 bits per heavy atom. The fourth-order valence-corrected chi connectivity index (χ4v) is 1.03. The monoisotopic (exact) mass is 252 g/mol. The van der Waals surface area contributed by atoms with Crippen molar-refractivity contribution in [3.05, 3.63) is 23.5 Å². The second-order valence-electron chi connectivity index (χ2n) is 2.76. The molecule has 0 atom stereocenters. The molecule has 0 aromatic carbocycles. The van der Waals surface area contributed by atoms with Gasteiger partial charge in [-0.2, -0.15) is 13.2 Å². The fraction of sp³-hybridized carbons (Fsp3) is 0.125. The third-order valence-electron chi connectivity index (χ3n) is 1.65. The molecule has 0 spiro atoms. The van der Waals surface area contributed by atoms with Crippen LogP contribution >= 0.6 is 11.6 Å². The lowest BCUT2D eigenvalue weighted by molar-refractivity contribution is -0.137. The van der Waals surface area contributed by atoms with Gasteiger partial charge in [0.15, 0.2) is 0 Å². The van der Waals surface area contributed by atoms with Gasteiger partial charge in [0.2, 0.25) is 0 Å². The summed E-state index contributed by atoms with van der Waals surface area (Å²) in [6.45, 7) is 0. The average molecular weight is 253 g/mol. The van der Waals surface area contributed by atoms with Crippen molar-refractivity contribution >= 4 is 28.3 Å². The predicted octanol–water partition coefficient (Wildman–Crippen LogP) is 1.63. The van der Waals surface area contributed by atoms with Gasteiger partial charge in [-0.15, -0.1) is 0 Å². The molecule has 8 heteroatoms. The number of nitrogens with zero attached hydrogens (tertiary/aromatic N) is 1. The lowest BCUT2D eigenvalue weighted by atomic mass is 10.1. The summed E-state index contributed by atoms with van der Waals surface area (Å²) >= 11 is 4.83. The molecule has 0 aliphatic heterocycles. The molecule has 0 saturated carbocycles. The van der Waals surface area contributed by atoms with Crippen LogP contribution in [0.2, 0.25) is 0 Å². The molecule has 0 aliphatic rings. The van der Waals surface area contributed by atoms with Gasteiger partial charge in [0.1, 0.15) is 5.69 Å². The van der Waals surface area contributed by atoms with Crippen LogP contribution in [-0.4, -0.2) is 16.0 Å². The van der Waals surface area contributed by atoms with Gasteiger partial charge >= 0.3 is 6.18 Å². The highest BCUT2D eigenvalue weighted by atomic mass is 35.5. The number of anilines is 1. The highest BCUT2D eigenvalue weighted by Crippen LogP contribution is 2.33. The number of ketones is 1. The Kier molecular flexibility index (Phi) is 3.18. The molecular weight excluding hydrogens is 249 g/mol. The Hall–Kier alpha value is -1.63. The lowest BCUT2D eigenvalue weighted by Gasteiger charge is -2.09. The van der Waals surface area contributed by atoms with Crippen LogP contribution in [0.15, 0.2) is 12.3 Å². The molecule has 1 rings (SSSR count). The number of hydrogen-bond acceptors (Lipinski definition) is 4. The number of aromatic nitrogens is 1. The first kappa shape index (κ1) is 12.4. The number of halogens is 4. The topological polar surface area (TPSA) is 73.0 Å². The average Bonchev–Trinajstić information content (AvgIpc) is 2.15. The zero-order chi connectivity index (χ0) is 12.5. The number of nitrogen functional groups attached to an aromatic ring is 1. The molecule has 4 nitrogen and oxygen atoms in total. The Balaban J connectivity index is 3.28. The number of rotatable bonds is 2. The molecule has 0 radical (unpaired) electrons. The van der Waals surface area contributed by atoms with E-state index in [1.807, 2.05) is 0 Å². The maximum atomic E-state index is 12.4. The van der Waals surface area contributed by atoms with Crippen molar-refractivity contribution in [3.8, 4) is 0 Å². The van der Waals surface area contributed by atoms with Crippen LogP contribution in [0.4, 0.5) is 18.9 Å². The Morgan fingerprint density at radius 1 is 1.38 bits per heavy atom. The van der Waals surface area contributed by atoms with Crippen LogP contribution in [0.3, 0.4) is 0 Å².